The van der Waals surface area contributed by atoms with Gasteiger partial charge in [0.2, 0.25) is 0 Å². The van der Waals surface area contributed by atoms with E-state index in [9.17, 15) is 14.3 Å². The van der Waals surface area contributed by atoms with E-state index < -0.39 is 13.9 Å². The van der Waals surface area contributed by atoms with Crippen molar-refractivity contribution in [1.82, 2.24) is 0 Å². The number of phosphoric ester groups is 1. The maximum absolute atomic E-state index is 12.6. The van der Waals surface area contributed by atoms with E-state index in [4.69, 9.17) is 18.5 Å². The van der Waals surface area contributed by atoms with E-state index in [1.165, 1.54) is 77.0 Å². The molecule has 0 rings (SSSR count). The van der Waals surface area contributed by atoms with Crippen LogP contribution in [0, 0.1) is 0 Å². The molecule has 0 spiro atoms. The maximum Gasteiger partial charge on any atom is 0.306 e. The van der Waals surface area contributed by atoms with Gasteiger partial charge >= 0.3 is 5.97 Å². The molecule has 2 atom stereocenters. The third-order valence-corrected chi connectivity index (χ3v) is 9.16. The largest absolute Gasteiger partial charge is 0.756 e. The second-order valence-electron chi connectivity index (χ2n) is 14.3. The SMILES string of the molecule is CCCCCCC/C=C\C/C=C\C/C=C\CCCCCCCCC(=O)OC(COCCCCCCCC)COP(=O)([O-])OCC[N+](C)(C)C. The van der Waals surface area contributed by atoms with Crippen molar-refractivity contribution in [3.05, 3.63) is 36.5 Å². The number of ether oxygens (including phenoxy) is 2. The van der Waals surface area contributed by atoms with Crippen LogP contribution in [-0.2, 0) is 27.9 Å². The monoisotopic (exact) mass is 714 g/mol. The van der Waals surface area contributed by atoms with Crippen molar-refractivity contribution in [1.29, 1.82) is 0 Å². The Labute approximate surface area is 302 Å². The lowest BCUT2D eigenvalue weighted by Crippen LogP contribution is -2.37. The number of carbonyl (C=O) groups is 1. The van der Waals surface area contributed by atoms with Gasteiger partial charge in [-0.15, -0.1) is 0 Å². The van der Waals surface area contributed by atoms with Gasteiger partial charge in [-0.1, -0.05) is 134 Å². The normalized spacial score (nSPS) is 14.3. The number of allylic oxidation sites excluding steroid dienone is 6. The average molecular weight is 714 g/mol. The number of carbonyl (C=O) groups excluding carboxylic acids is 1. The lowest BCUT2D eigenvalue weighted by atomic mass is 10.1. The molecule has 0 aliphatic rings. The summed E-state index contributed by atoms with van der Waals surface area (Å²) in [6.45, 7) is 5.32. The molecule has 2 unspecified atom stereocenters. The topological polar surface area (TPSA) is 94.1 Å². The van der Waals surface area contributed by atoms with Crippen molar-refractivity contribution in [2.45, 2.75) is 161 Å². The maximum atomic E-state index is 12.6. The summed E-state index contributed by atoms with van der Waals surface area (Å²) in [4.78, 5) is 24.8. The van der Waals surface area contributed by atoms with Gasteiger partial charge in [-0.2, -0.15) is 0 Å². The molecule has 9 heteroatoms. The molecule has 0 fully saturated rings. The summed E-state index contributed by atoms with van der Waals surface area (Å²) < 4.78 is 34.2. The third kappa shape index (κ3) is 37.8. The van der Waals surface area contributed by atoms with Gasteiger partial charge in [-0.25, -0.2) is 0 Å². The summed E-state index contributed by atoms with van der Waals surface area (Å²) in [7, 11) is 1.34. The molecule has 49 heavy (non-hydrogen) atoms. The van der Waals surface area contributed by atoms with Crippen molar-refractivity contribution in [3.8, 4) is 0 Å². The smallest absolute Gasteiger partial charge is 0.306 e. The fraction of sp³-hybridized carbons (Fsp3) is 0.825. The predicted molar refractivity (Wildman–Crippen MR) is 203 cm³/mol. The van der Waals surface area contributed by atoms with Crippen molar-refractivity contribution in [3.63, 3.8) is 0 Å². The minimum atomic E-state index is -4.51. The van der Waals surface area contributed by atoms with Gasteiger partial charge in [0, 0.05) is 13.0 Å². The first-order valence-electron chi connectivity index (χ1n) is 19.7. The van der Waals surface area contributed by atoms with Gasteiger partial charge in [0.15, 0.2) is 0 Å². The van der Waals surface area contributed by atoms with Crippen LogP contribution in [-0.4, -0.2) is 70.7 Å². The summed E-state index contributed by atoms with van der Waals surface area (Å²) in [6.07, 6.45) is 37.4. The minimum Gasteiger partial charge on any atom is -0.756 e. The Morgan fingerprint density at radius 2 is 1.12 bits per heavy atom. The molecular weight excluding hydrogens is 637 g/mol. The summed E-state index contributed by atoms with van der Waals surface area (Å²) in [5.74, 6) is -0.350. The van der Waals surface area contributed by atoms with Gasteiger partial charge in [-0.05, 0) is 51.4 Å². The second-order valence-corrected chi connectivity index (χ2v) is 15.7. The highest BCUT2D eigenvalue weighted by molar-refractivity contribution is 7.45. The Morgan fingerprint density at radius 3 is 1.67 bits per heavy atom. The van der Waals surface area contributed by atoms with E-state index in [2.05, 4.69) is 50.3 Å². The molecule has 0 aliphatic carbocycles. The van der Waals surface area contributed by atoms with Crippen LogP contribution in [0.3, 0.4) is 0 Å². The van der Waals surface area contributed by atoms with E-state index >= 15 is 0 Å². The Morgan fingerprint density at radius 1 is 0.633 bits per heavy atom. The van der Waals surface area contributed by atoms with E-state index in [0.29, 0.717) is 24.1 Å². The number of unbranched alkanes of at least 4 members (excludes halogenated alkanes) is 16. The molecule has 0 aliphatic heterocycles. The zero-order chi connectivity index (χ0) is 36.3. The first-order chi connectivity index (χ1) is 23.6. The van der Waals surface area contributed by atoms with Crippen LogP contribution in [0.25, 0.3) is 0 Å². The molecular formula is C40H76NO7P. The number of rotatable bonds is 36. The molecule has 0 radical (unpaired) electrons. The van der Waals surface area contributed by atoms with Crippen LogP contribution in [0.1, 0.15) is 155 Å². The van der Waals surface area contributed by atoms with Crippen LogP contribution < -0.4 is 4.89 Å². The molecule has 288 valence electrons. The molecule has 0 amide bonds. The van der Waals surface area contributed by atoms with Crippen molar-refractivity contribution < 1.29 is 37.3 Å². The average Bonchev–Trinajstić information content (AvgIpc) is 3.04. The lowest BCUT2D eigenvalue weighted by Gasteiger charge is -2.28. The third-order valence-electron chi connectivity index (χ3n) is 8.19. The van der Waals surface area contributed by atoms with E-state index in [-0.39, 0.29) is 25.8 Å². The number of quaternary nitrogens is 1. The molecule has 0 heterocycles. The molecule has 0 aromatic rings. The van der Waals surface area contributed by atoms with Crippen LogP contribution >= 0.6 is 7.82 Å². The highest BCUT2D eigenvalue weighted by Crippen LogP contribution is 2.38. The van der Waals surface area contributed by atoms with Crippen molar-refractivity contribution in [2.75, 3.05) is 54.1 Å². The summed E-state index contributed by atoms with van der Waals surface area (Å²) >= 11 is 0. The van der Waals surface area contributed by atoms with E-state index in [1.54, 1.807) is 0 Å². The van der Waals surface area contributed by atoms with Gasteiger partial charge in [0.25, 0.3) is 7.82 Å². The number of phosphoric acid groups is 1. The molecule has 0 bridgehead atoms. The number of hydrogen-bond acceptors (Lipinski definition) is 7. The van der Waals surface area contributed by atoms with Crippen LogP contribution in [0.2, 0.25) is 0 Å². The fourth-order valence-corrected chi connectivity index (χ4v) is 5.81. The van der Waals surface area contributed by atoms with E-state index in [0.717, 1.165) is 57.8 Å². The van der Waals surface area contributed by atoms with Gasteiger partial charge < -0.3 is 27.9 Å². The van der Waals surface area contributed by atoms with Gasteiger partial charge in [-0.3, -0.25) is 9.36 Å². The van der Waals surface area contributed by atoms with E-state index in [1.807, 2.05) is 21.1 Å². The van der Waals surface area contributed by atoms with Gasteiger partial charge in [0.05, 0.1) is 34.4 Å². The van der Waals surface area contributed by atoms with Crippen molar-refractivity contribution in [2.24, 2.45) is 0 Å². The molecule has 0 aromatic heterocycles. The first kappa shape index (κ1) is 47.7. The Kier molecular flexibility index (Phi) is 33.0. The molecule has 0 N–H and O–H groups in total. The quantitative estimate of drug-likeness (QED) is 0.0210. The number of hydrogen-bond donors (Lipinski definition) is 0. The fourth-order valence-electron chi connectivity index (χ4n) is 5.08. The van der Waals surface area contributed by atoms with Crippen LogP contribution in [0.5, 0.6) is 0 Å². The minimum absolute atomic E-state index is 0.0230. The Balaban J connectivity index is 4.15. The van der Waals surface area contributed by atoms with Crippen molar-refractivity contribution >= 4 is 13.8 Å². The second kappa shape index (κ2) is 33.8. The molecule has 0 saturated heterocycles. The standard InChI is InChI=1S/C40H76NO7P/c1-6-8-10-12-14-15-16-17-18-19-20-21-22-23-24-25-26-27-28-29-31-33-40(42)48-39(37-45-35-32-30-13-11-9-7-2)38-47-49(43,44)46-36-34-41(3,4)5/h16-17,19-20,22-23,39H,6-15,18,21,24-38H2,1-5H3/b17-16-,20-19-,23-22-. The van der Waals surface area contributed by atoms with Crippen LogP contribution in [0.15, 0.2) is 36.5 Å². The first-order valence-corrected chi connectivity index (χ1v) is 21.2. The summed E-state index contributed by atoms with van der Waals surface area (Å²) in [6, 6.07) is 0. The highest BCUT2D eigenvalue weighted by Gasteiger charge is 2.20. The number of nitrogens with zero attached hydrogens (tertiary/aromatic N) is 1. The molecule has 0 saturated carbocycles. The molecule has 0 aromatic carbocycles. The summed E-state index contributed by atoms with van der Waals surface area (Å²) in [5.41, 5.74) is 0. The van der Waals surface area contributed by atoms with Crippen LogP contribution in [0.4, 0.5) is 0 Å². The summed E-state index contributed by atoms with van der Waals surface area (Å²) in [5, 5.41) is 0. The number of esters is 1. The Hall–Kier alpha value is -1.28. The molecule has 8 nitrogen and oxygen atoms in total. The zero-order valence-corrected chi connectivity index (χ0v) is 33.3. The lowest BCUT2D eigenvalue weighted by molar-refractivity contribution is -0.870. The number of likely N-dealkylation sites (N-methyl/N-ethyl adjacent to an activating group) is 1. The predicted octanol–water partition coefficient (Wildman–Crippen LogP) is 10.4. The van der Waals surface area contributed by atoms with Gasteiger partial charge in [0.1, 0.15) is 19.3 Å². The highest BCUT2D eigenvalue weighted by atomic mass is 31.2. The Bertz CT molecular complexity index is 884. The zero-order valence-electron chi connectivity index (χ0n) is 32.4.